The molecule has 30 heavy (non-hydrogen) atoms. The van der Waals surface area contributed by atoms with E-state index in [2.05, 4.69) is 21.4 Å². The molecule has 0 radical (unpaired) electrons. The van der Waals surface area contributed by atoms with Gasteiger partial charge in [0.1, 0.15) is 11.6 Å². The number of halogens is 2. The van der Waals surface area contributed by atoms with Gasteiger partial charge >= 0.3 is 0 Å². The lowest BCUT2D eigenvalue weighted by Crippen LogP contribution is -2.39. The molecule has 154 valence electrons. The fourth-order valence-corrected chi connectivity index (χ4v) is 3.40. The normalized spacial score (nSPS) is 14.4. The Labute approximate surface area is 173 Å². The number of aromatic nitrogens is 2. The quantitative estimate of drug-likeness (QED) is 0.679. The molecule has 0 spiro atoms. The Morgan fingerprint density at radius 2 is 1.73 bits per heavy atom. The van der Waals surface area contributed by atoms with E-state index in [4.69, 9.17) is 0 Å². The summed E-state index contributed by atoms with van der Waals surface area (Å²) in [5.74, 6) is -0.618. The number of carbonyl (C=O) groups excluding carboxylic acids is 1. The van der Waals surface area contributed by atoms with Gasteiger partial charge in [0.15, 0.2) is 0 Å². The van der Waals surface area contributed by atoms with E-state index < -0.39 is 0 Å². The first kappa shape index (κ1) is 20.0. The number of hydrogen-bond donors (Lipinski definition) is 1. The molecule has 0 unspecified atom stereocenters. The van der Waals surface area contributed by atoms with Crippen LogP contribution in [0.1, 0.15) is 17.5 Å². The van der Waals surface area contributed by atoms with Crippen molar-refractivity contribution >= 4 is 11.5 Å². The molecule has 3 aromatic rings. The van der Waals surface area contributed by atoms with E-state index in [1.54, 1.807) is 35.1 Å². The Balaban J connectivity index is 1.29. The standard InChI is InChI=1S/C23H22F2N4O/c24-20-3-1-17(2-4-20)13-26-23(30)16-28-11-9-18(10-12-28)19-14-27-29(15-19)22-7-5-21(25)6-8-22/h1-9,14-15H,10-13,16H2,(H,26,30). The van der Waals surface area contributed by atoms with Gasteiger partial charge in [-0.05, 0) is 54.0 Å². The van der Waals surface area contributed by atoms with Crippen molar-refractivity contribution in [1.29, 1.82) is 0 Å². The van der Waals surface area contributed by atoms with E-state index in [1.807, 2.05) is 6.20 Å². The highest BCUT2D eigenvalue weighted by Gasteiger charge is 2.16. The minimum atomic E-state index is -0.288. The van der Waals surface area contributed by atoms with Crippen molar-refractivity contribution in [3.8, 4) is 5.69 Å². The van der Waals surface area contributed by atoms with Crippen LogP contribution in [0.15, 0.2) is 67.0 Å². The average molecular weight is 408 g/mol. The van der Waals surface area contributed by atoms with Gasteiger partial charge in [-0.25, -0.2) is 13.5 Å². The largest absolute Gasteiger partial charge is 0.351 e. The third kappa shape index (κ3) is 4.99. The summed E-state index contributed by atoms with van der Waals surface area (Å²) < 4.78 is 27.7. The maximum Gasteiger partial charge on any atom is 0.234 e. The topological polar surface area (TPSA) is 50.2 Å². The summed E-state index contributed by atoms with van der Waals surface area (Å²) in [6.45, 7) is 2.16. The van der Waals surface area contributed by atoms with Crippen molar-refractivity contribution < 1.29 is 13.6 Å². The van der Waals surface area contributed by atoms with Crippen LogP contribution >= 0.6 is 0 Å². The van der Waals surface area contributed by atoms with E-state index in [9.17, 15) is 13.6 Å². The average Bonchev–Trinajstić information content (AvgIpc) is 3.25. The number of amides is 1. The SMILES string of the molecule is O=C(CN1CC=C(c2cnn(-c3ccc(F)cc3)c2)CC1)NCc1ccc(F)cc1. The van der Waals surface area contributed by atoms with Crippen LogP contribution in [0.2, 0.25) is 0 Å². The van der Waals surface area contributed by atoms with Crippen molar-refractivity contribution in [3.05, 3.63) is 89.8 Å². The summed E-state index contributed by atoms with van der Waals surface area (Å²) in [5, 5.41) is 7.24. The van der Waals surface area contributed by atoms with Crippen molar-refractivity contribution in [2.45, 2.75) is 13.0 Å². The molecule has 2 aromatic carbocycles. The highest BCUT2D eigenvalue weighted by atomic mass is 19.1. The third-order valence-electron chi connectivity index (χ3n) is 5.11. The van der Waals surface area contributed by atoms with Crippen molar-refractivity contribution in [2.75, 3.05) is 19.6 Å². The van der Waals surface area contributed by atoms with Gasteiger partial charge in [0.2, 0.25) is 5.91 Å². The minimum absolute atomic E-state index is 0.0553. The molecule has 5 nitrogen and oxygen atoms in total. The van der Waals surface area contributed by atoms with Crippen LogP contribution in [0.5, 0.6) is 0 Å². The van der Waals surface area contributed by atoms with Gasteiger partial charge in [-0.3, -0.25) is 9.69 Å². The highest BCUT2D eigenvalue weighted by Crippen LogP contribution is 2.23. The molecule has 1 N–H and O–H groups in total. The number of rotatable bonds is 6. The predicted octanol–water partition coefficient (Wildman–Crippen LogP) is 3.56. The van der Waals surface area contributed by atoms with Gasteiger partial charge < -0.3 is 5.32 Å². The monoisotopic (exact) mass is 408 g/mol. The van der Waals surface area contributed by atoms with Crippen LogP contribution in [-0.4, -0.2) is 40.2 Å². The zero-order chi connectivity index (χ0) is 20.9. The van der Waals surface area contributed by atoms with Gasteiger partial charge in [-0.15, -0.1) is 0 Å². The van der Waals surface area contributed by atoms with Gasteiger partial charge in [-0.2, -0.15) is 5.10 Å². The number of nitrogens with zero attached hydrogens (tertiary/aromatic N) is 3. The first-order valence-corrected chi connectivity index (χ1v) is 9.80. The van der Waals surface area contributed by atoms with E-state index in [1.165, 1.54) is 29.8 Å². The molecule has 0 saturated heterocycles. The van der Waals surface area contributed by atoms with E-state index in [0.717, 1.165) is 29.8 Å². The molecule has 1 aromatic heterocycles. The molecule has 1 aliphatic heterocycles. The summed E-state index contributed by atoms with van der Waals surface area (Å²) in [6, 6.07) is 12.3. The van der Waals surface area contributed by atoms with Crippen LogP contribution in [0.4, 0.5) is 8.78 Å². The van der Waals surface area contributed by atoms with Crippen LogP contribution < -0.4 is 5.32 Å². The van der Waals surface area contributed by atoms with Crippen molar-refractivity contribution in [1.82, 2.24) is 20.0 Å². The van der Waals surface area contributed by atoms with E-state index in [0.29, 0.717) is 19.6 Å². The summed E-state index contributed by atoms with van der Waals surface area (Å²) in [7, 11) is 0. The number of benzene rings is 2. The van der Waals surface area contributed by atoms with Gasteiger partial charge in [0.25, 0.3) is 0 Å². The second-order valence-corrected chi connectivity index (χ2v) is 7.27. The molecule has 1 aliphatic rings. The molecule has 0 saturated carbocycles. The van der Waals surface area contributed by atoms with Crippen molar-refractivity contribution in [3.63, 3.8) is 0 Å². The summed E-state index contributed by atoms with van der Waals surface area (Å²) in [5.41, 5.74) is 3.88. The molecule has 0 atom stereocenters. The summed E-state index contributed by atoms with van der Waals surface area (Å²) in [4.78, 5) is 14.3. The molecule has 0 fully saturated rings. The minimum Gasteiger partial charge on any atom is -0.351 e. The Hall–Kier alpha value is -3.32. The maximum atomic E-state index is 13.1. The molecule has 7 heteroatoms. The molecular weight excluding hydrogens is 386 g/mol. The zero-order valence-corrected chi connectivity index (χ0v) is 16.4. The van der Waals surface area contributed by atoms with Gasteiger partial charge in [0.05, 0.1) is 18.4 Å². The lowest BCUT2D eigenvalue weighted by Gasteiger charge is -2.25. The maximum absolute atomic E-state index is 13.1. The Kier molecular flexibility index (Phi) is 5.99. The van der Waals surface area contributed by atoms with E-state index >= 15 is 0 Å². The van der Waals surface area contributed by atoms with Crippen molar-refractivity contribution in [2.24, 2.45) is 0 Å². The summed E-state index contributed by atoms with van der Waals surface area (Å²) >= 11 is 0. The van der Waals surface area contributed by atoms with Crippen LogP contribution in [0.25, 0.3) is 11.3 Å². The number of carbonyl (C=O) groups is 1. The highest BCUT2D eigenvalue weighted by molar-refractivity contribution is 5.78. The molecular formula is C23H22F2N4O. The predicted molar refractivity (Wildman–Crippen MR) is 111 cm³/mol. The molecule has 2 heterocycles. The molecule has 0 aliphatic carbocycles. The molecule has 1 amide bonds. The molecule has 4 rings (SSSR count). The van der Waals surface area contributed by atoms with E-state index in [-0.39, 0.29) is 17.5 Å². The van der Waals surface area contributed by atoms with Crippen LogP contribution in [0, 0.1) is 11.6 Å². The second kappa shape index (κ2) is 9.00. The fourth-order valence-electron chi connectivity index (χ4n) is 3.40. The van der Waals surface area contributed by atoms with Crippen LogP contribution in [0.3, 0.4) is 0 Å². The molecule has 0 bridgehead atoms. The van der Waals surface area contributed by atoms with Gasteiger partial charge in [-0.1, -0.05) is 18.2 Å². The third-order valence-corrected chi connectivity index (χ3v) is 5.11. The number of hydrogen-bond acceptors (Lipinski definition) is 3. The van der Waals surface area contributed by atoms with Gasteiger partial charge in [0, 0.05) is 31.4 Å². The number of nitrogens with one attached hydrogen (secondary N) is 1. The second-order valence-electron chi connectivity index (χ2n) is 7.27. The Bertz CT molecular complexity index is 1040. The lowest BCUT2D eigenvalue weighted by molar-refractivity contribution is -0.122. The Morgan fingerprint density at radius 1 is 1.03 bits per heavy atom. The first-order chi connectivity index (χ1) is 14.6. The Morgan fingerprint density at radius 3 is 2.40 bits per heavy atom. The zero-order valence-electron chi connectivity index (χ0n) is 16.4. The van der Waals surface area contributed by atoms with Crippen LogP contribution in [-0.2, 0) is 11.3 Å². The smallest absolute Gasteiger partial charge is 0.234 e. The fraction of sp³-hybridized carbons (Fsp3) is 0.217. The first-order valence-electron chi connectivity index (χ1n) is 9.80. The summed E-state index contributed by atoms with van der Waals surface area (Å²) in [6.07, 6.45) is 6.67. The lowest BCUT2D eigenvalue weighted by atomic mass is 10.0.